The van der Waals surface area contributed by atoms with Gasteiger partial charge in [-0.1, -0.05) is 30.3 Å². The fourth-order valence-corrected chi connectivity index (χ4v) is 3.34. The molecule has 0 spiro atoms. The van der Waals surface area contributed by atoms with E-state index in [-0.39, 0.29) is 0 Å². The van der Waals surface area contributed by atoms with E-state index in [1.54, 1.807) is 0 Å². The molecule has 2 aromatic heterocycles. The summed E-state index contributed by atoms with van der Waals surface area (Å²) in [6, 6.07) is 16.9. The molecule has 0 aliphatic carbocycles. The van der Waals surface area contributed by atoms with Gasteiger partial charge in [0.05, 0.1) is 0 Å². The van der Waals surface area contributed by atoms with E-state index >= 15 is 0 Å². The van der Waals surface area contributed by atoms with E-state index in [0.29, 0.717) is 5.92 Å². The van der Waals surface area contributed by atoms with Gasteiger partial charge >= 0.3 is 0 Å². The van der Waals surface area contributed by atoms with Crippen LogP contribution < -0.4 is 5.32 Å². The summed E-state index contributed by atoms with van der Waals surface area (Å²) in [5.41, 5.74) is 2.35. The van der Waals surface area contributed by atoms with Gasteiger partial charge < -0.3 is 10.3 Å². The molecular weight excluding hydrogens is 284 g/mol. The quantitative estimate of drug-likeness (QED) is 0.758. The normalized spacial score (nSPS) is 18.5. The van der Waals surface area contributed by atoms with Gasteiger partial charge in [0, 0.05) is 31.2 Å². The van der Waals surface area contributed by atoms with Crippen molar-refractivity contribution >= 4 is 16.9 Å². The summed E-state index contributed by atoms with van der Waals surface area (Å²) in [5, 5.41) is 4.65. The van der Waals surface area contributed by atoms with Crippen molar-refractivity contribution in [2.45, 2.75) is 13.0 Å². The Kier molecular flexibility index (Phi) is 3.99. The molecule has 4 rings (SSSR count). The second-order valence-electron chi connectivity index (χ2n) is 6.37. The number of aromatic amines is 1. The van der Waals surface area contributed by atoms with Gasteiger partial charge in [-0.25, -0.2) is 4.98 Å². The summed E-state index contributed by atoms with van der Waals surface area (Å²) in [6.45, 7) is 4.39. The number of H-pyrrole nitrogens is 1. The van der Waals surface area contributed by atoms with Gasteiger partial charge in [0.1, 0.15) is 11.5 Å². The lowest BCUT2D eigenvalue weighted by atomic mass is 10.1. The number of fused-ring (bicyclic) bond motifs is 1. The summed E-state index contributed by atoms with van der Waals surface area (Å²) in [4.78, 5) is 10.3. The molecule has 1 fully saturated rings. The van der Waals surface area contributed by atoms with Crippen LogP contribution in [0.5, 0.6) is 0 Å². The van der Waals surface area contributed by atoms with E-state index in [1.807, 2.05) is 12.3 Å². The van der Waals surface area contributed by atoms with Gasteiger partial charge in [-0.2, -0.15) is 0 Å². The van der Waals surface area contributed by atoms with Crippen LogP contribution in [0, 0.1) is 5.92 Å². The molecule has 1 aliphatic rings. The van der Waals surface area contributed by atoms with Crippen molar-refractivity contribution in [1.82, 2.24) is 14.9 Å². The van der Waals surface area contributed by atoms with E-state index in [4.69, 9.17) is 0 Å². The number of nitrogens with one attached hydrogen (secondary N) is 2. The Morgan fingerprint density at radius 1 is 1.13 bits per heavy atom. The van der Waals surface area contributed by atoms with Crippen LogP contribution in [0.3, 0.4) is 0 Å². The van der Waals surface area contributed by atoms with Crippen LogP contribution in [0.2, 0.25) is 0 Å². The minimum atomic E-state index is 0.694. The number of rotatable bonds is 5. The molecular formula is C19H22N4. The molecule has 0 bridgehead atoms. The third-order valence-corrected chi connectivity index (χ3v) is 4.60. The topological polar surface area (TPSA) is 44.0 Å². The highest BCUT2D eigenvalue weighted by molar-refractivity contribution is 5.77. The molecule has 118 valence electrons. The van der Waals surface area contributed by atoms with Crippen LogP contribution in [0.1, 0.15) is 12.0 Å². The minimum absolute atomic E-state index is 0.694. The first-order valence-corrected chi connectivity index (χ1v) is 8.31. The van der Waals surface area contributed by atoms with Gasteiger partial charge in [0.15, 0.2) is 0 Å². The lowest BCUT2D eigenvalue weighted by molar-refractivity contribution is 0.319. The Hall–Kier alpha value is -2.33. The second kappa shape index (κ2) is 6.42. The van der Waals surface area contributed by atoms with Gasteiger partial charge in [-0.3, -0.25) is 4.90 Å². The molecule has 4 heteroatoms. The van der Waals surface area contributed by atoms with E-state index in [2.05, 4.69) is 62.6 Å². The van der Waals surface area contributed by atoms with Crippen LogP contribution >= 0.6 is 0 Å². The predicted octanol–water partition coefficient (Wildman–Crippen LogP) is 3.50. The highest BCUT2D eigenvalue weighted by Crippen LogP contribution is 2.20. The molecule has 0 saturated carbocycles. The average Bonchev–Trinajstić information content (AvgIpc) is 3.22. The Morgan fingerprint density at radius 3 is 2.96 bits per heavy atom. The van der Waals surface area contributed by atoms with Crippen LogP contribution in [-0.4, -0.2) is 34.5 Å². The molecule has 23 heavy (non-hydrogen) atoms. The number of hydrogen-bond donors (Lipinski definition) is 2. The predicted molar refractivity (Wildman–Crippen MR) is 94.4 cm³/mol. The molecule has 3 aromatic rings. The van der Waals surface area contributed by atoms with Crippen molar-refractivity contribution in [1.29, 1.82) is 0 Å². The van der Waals surface area contributed by atoms with Crippen LogP contribution in [0.25, 0.3) is 11.0 Å². The summed E-state index contributed by atoms with van der Waals surface area (Å²) in [5.74, 6) is 1.65. The average molecular weight is 306 g/mol. The van der Waals surface area contributed by atoms with E-state index in [1.165, 1.54) is 18.5 Å². The largest absolute Gasteiger partial charge is 0.370 e. The fraction of sp³-hybridized carbons (Fsp3) is 0.316. The molecule has 0 amide bonds. The first-order valence-electron chi connectivity index (χ1n) is 8.31. The SMILES string of the molecule is c1ccc(CN2CC[C@H](CNc3ccc4cc[nH]c4n3)C2)cc1. The molecule has 0 radical (unpaired) electrons. The molecule has 4 nitrogen and oxygen atoms in total. The van der Waals surface area contributed by atoms with Crippen molar-refractivity contribution in [2.24, 2.45) is 5.92 Å². The van der Waals surface area contributed by atoms with Gasteiger partial charge in [0.2, 0.25) is 0 Å². The molecule has 2 N–H and O–H groups in total. The molecule has 1 atom stereocenters. The maximum atomic E-state index is 4.60. The highest BCUT2D eigenvalue weighted by Gasteiger charge is 2.22. The maximum absolute atomic E-state index is 4.60. The van der Waals surface area contributed by atoms with Crippen molar-refractivity contribution in [3.63, 3.8) is 0 Å². The monoisotopic (exact) mass is 306 g/mol. The van der Waals surface area contributed by atoms with Crippen LogP contribution in [0.15, 0.2) is 54.7 Å². The second-order valence-corrected chi connectivity index (χ2v) is 6.37. The zero-order chi connectivity index (χ0) is 15.5. The van der Waals surface area contributed by atoms with Gasteiger partial charge in [0.25, 0.3) is 0 Å². The number of anilines is 1. The van der Waals surface area contributed by atoms with E-state index in [9.17, 15) is 0 Å². The number of nitrogens with zero attached hydrogens (tertiary/aromatic N) is 2. The Balaban J connectivity index is 1.30. The number of aromatic nitrogens is 2. The third-order valence-electron chi connectivity index (χ3n) is 4.60. The molecule has 0 unspecified atom stereocenters. The molecule has 1 saturated heterocycles. The maximum Gasteiger partial charge on any atom is 0.139 e. The lowest BCUT2D eigenvalue weighted by Gasteiger charge is -2.16. The zero-order valence-electron chi connectivity index (χ0n) is 13.2. The number of benzene rings is 1. The standard InChI is InChI=1S/C19H22N4/c1-2-4-15(5-3-1)13-23-11-9-16(14-23)12-21-18-7-6-17-8-10-20-19(17)22-18/h1-8,10,16H,9,11-14H2,(H2,20,21,22)/t16-/m1/s1. The smallest absolute Gasteiger partial charge is 0.139 e. The number of pyridine rings is 1. The minimum Gasteiger partial charge on any atom is -0.370 e. The summed E-state index contributed by atoms with van der Waals surface area (Å²) in [7, 11) is 0. The van der Waals surface area contributed by atoms with Crippen molar-refractivity contribution < 1.29 is 0 Å². The number of likely N-dealkylation sites (tertiary alicyclic amines) is 1. The van der Waals surface area contributed by atoms with Crippen LogP contribution in [-0.2, 0) is 6.54 Å². The fourth-order valence-electron chi connectivity index (χ4n) is 3.34. The van der Waals surface area contributed by atoms with Crippen molar-refractivity contribution in [3.8, 4) is 0 Å². The summed E-state index contributed by atoms with van der Waals surface area (Å²) >= 11 is 0. The van der Waals surface area contributed by atoms with Gasteiger partial charge in [-0.05, 0) is 42.6 Å². The van der Waals surface area contributed by atoms with Crippen LogP contribution in [0.4, 0.5) is 5.82 Å². The van der Waals surface area contributed by atoms with E-state index < -0.39 is 0 Å². The van der Waals surface area contributed by atoms with Crippen molar-refractivity contribution in [2.75, 3.05) is 25.0 Å². The molecule has 1 aliphatic heterocycles. The third kappa shape index (κ3) is 3.37. The Labute approximate surface area is 136 Å². The zero-order valence-corrected chi connectivity index (χ0v) is 13.2. The molecule has 3 heterocycles. The summed E-state index contributed by atoms with van der Waals surface area (Å²) in [6.07, 6.45) is 3.18. The van der Waals surface area contributed by atoms with E-state index in [0.717, 1.165) is 36.5 Å². The number of hydrogen-bond acceptors (Lipinski definition) is 3. The first-order chi connectivity index (χ1) is 11.4. The first kappa shape index (κ1) is 14.3. The molecule has 1 aromatic carbocycles. The highest BCUT2D eigenvalue weighted by atomic mass is 15.2. The Bertz CT molecular complexity index is 765. The lowest BCUT2D eigenvalue weighted by Crippen LogP contribution is -2.22. The Morgan fingerprint density at radius 2 is 2.04 bits per heavy atom. The summed E-state index contributed by atoms with van der Waals surface area (Å²) < 4.78 is 0. The van der Waals surface area contributed by atoms with Crippen molar-refractivity contribution in [3.05, 3.63) is 60.3 Å². The van der Waals surface area contributed by atoms with Gasteiger partial charge in [-0.15, -0.1) is 0 Å².